The number of rotatable bonds is 3. The van der Waals surface area contributed by atoms with E-state index < -0.39 is 0 Å². The highest BCUT2D eigenvalue weighted by Crippen LogP contribution is 2.24. The highest BCUT2D eigenvalue weighted by molar-refractivity contribution is 6.07. The summed E-state index contributed by atoms with van der Waals surface area (Å²) in [4.78, 5) is 12.3. The number of hydrogen-bond acceptors (Lipinski definition) is 2. The van der Waals surface area contributed by atoms with E-state index in [1.54, 1.807) is 18.2 Å². The van der Waals surface area contributed by atoms with Crippen molar-refractivity contribution in [1.82, 2.24) is 0 Å². The van der Waals surface area contributed by atoms with Gasteiger partial charge in [-0.05, 0) is 43.5 Å². The molecule has 0 heterocycles. The van der Waals surface area contributed by atoms with Crippen molar-refractivity contribution in [3.05, 3.63) is 58.7 Å². The molecule has 0 spiro atoms. The average molecular weight is 269 g/mol. The number of phenolic OH excluding ortho intramolecular Hbond substituents is 1. The van der Waals surface area contributed by atoms with Gasteiger partial charge in [-0.15, -0.1) is 0 Å². The van der Waals surface area contributed by atoms with Crippen LogP contribution in [0.3, 0.4) is 0 Å². The molecule has 1 amide bonds. The maximum atomic E-state index is 12.3. The zero-order chi connectivity index (χ0) is 14.7. The zero-order valence-corrected chi connectivity index (χ0v) is 12.0. The van der Waals surface area contributed by atoms with Crippen molar-refractivity contribution in [3.63, 3.8) is 0 Å². The van der Waals surface area contributed by atoms with E-state index in [-0.39, 0.29) is 11.7 Å². The Morgan fingerprint density at radius 3 is 2.65 bits per heavy atom. The molecule has 3 nitrogen and oxygen atoms in total. The van der Waals surface area contributed by atoms with Gasteiger partial charge in [0.1, 0.15) is 5.75 Å². The molecule has 0 aliphatic heterocycles. The van der Waals surface area contributed by atoms with Crippen LogP contribution in [0, 0.1) is 13.8 Å². The first-order valence-corrected chi connectivity index (χ1v) is 6.72. The summed E-state index contributed by atoms with van der Waals surface area (Å²) in [5, 5.41) is 12.7. The van der Waals surface area contributed by atoms with Crippen LogP contribution < -0.4 is 5.32 Å². The van der Waals surface area contributed by atoms with Crippen LogP contribution in [0.15, 0.2) is 36.4 Å². The molecule has 0 fully saturated rings. The number of carbonyl (C=O) groups excluding carboxylic acids is 1. The van der Waals surface area contributed by atoms with Crippen LogP contribution in [-0.2, 0) is 6.42 Å². The standard InChI is InChI=1S/C17H19NO2/c1-4-13-7-5-6-12(3)16(13)18-17(20)14-10-11(2)8-9-15(14)19/h5-10,19H,4H2,1-3H3,(H,18,20). The number of carbonyl (C=O) groups is 1. The van der Waals surface area contributed by atoms with Crippen molar-refractivity contribution in [2.45, 2.75) is 27.2 Å². The quantitative estimate of drug-likeness (QED) is 0.889. The molecule has 0 aliphatic rings. The number of benzene rings is 2. The minimum Gasteiger partial charge on any atom is -0.507 e. The Morgan fingerprint density at radius 2 is 1.95 bits per heavy atom. The summed E-state index contributed by atoms with van der Waals surface area (Å²) < 4.78 is 0. The summed E-state index contributed by atoms with van der Waals surface area (Å²) in [7, 11) is 0. The van der Waals surface area contributed by atoms with Gasteiger partial charge in [0.15, 0.2) is 0 Å². The van der Waals surface area contributed by atoms with Gasteiger partial charge in [0.05, 0.1) is 5.56 Å². The third kappa shape index (κ3) is 2.82. The number of nitrogens with one attached hydrogen (secondary N) is 1. The molecule has 20 heavy (non-hydrogen) atoms. The third-order valence-electron chi connectivity index (χ3n) is 3.38. The summed E-state index contributed by atoms with van der Waals surface area (Å²) in [6.45, 7) is 5.90. The molecule has 2 aromatic carbocycles. The SMILES string of the molecule is CCc1cccc(C)c1NC(=O)c1cc(C)ccc1O. The van der Waals surface area contributed by atoms with Crippen LogP contribution in [-0.4, -0.2) is 11.0 Å². The van der Waals surface area contributed by atoms with Gasteiger partial charge in [-0.2, -0.15) is 0 Å². The first-order chi connectivity index (χ1) is 9.52. The maximum Gasteiger partial charge on any atom is 0.259 e. The summed E-state index contributed by atoms with van der Waals surface area (Å²) in [5.74, 6) is -0.282. The molecule has 0 unspecified atom stereocenters. The Morgan fingerprint density at radius 1 is 1.20 bits per heavy atom. The molecule has 0 saturated carbocycles. The predicted molar refractivity (Wildman–Crippen MR) is 81.4 cm³/mol. The Balaban J connectivity index is 2.35. The van der Waals surface area contributed by atoms with Crippen molar-refractivity contribution < 1.29 is 9.90 Å². The minimum atomic E-state index is -0.282. The second kappa shape index (κ2) is 5.78. The van der Waals surface area contributed by atoms with Gasteiger partial charge in [-0.3, -0.25) is 4.79 Å². The van der Waals surface area contributed by atoms with Crippen molar-refractivity contribution in [2.24, 2.45) is 0 Å². The molecule has 2 aromatic rings. The monoisotopic (exact) mass is 269 g/mol. The minimum absolute atomic E-state index is 0.000248. The Bertz CT molecular complexity index is 647. The van der Waals surface area contributed by atoms with Gasteiger partial charge in [-0.1, -0.05) is 36.8 Å². The van der Waals surface area contributed by atoms with Crippen LogP contribution in [0.25, 0.3) is 0 Å². The van der Waals surface area contributed by atoms with Crippen molar-refractivity contribution in [2.75, 3.05) is 5.32 Å². The molecular formula is C17H19NO2. The molecule has 0 aromatic heterocycles. The fraction of sp³-hybridized carbons (Fsp3) is 0.235. The number of anilines is 1. The van der Waals surface area contributed by atoms with E-state index in [1.165, 1.54) is 0 Å². The summed E-state index contributed by atoms with van der Waals surface area (Å²) in [5.41, 5.74) is 4.18. The molecule has 104 valence electrons. The Kier molecular flexibility index (Phi) is 4.08. The van der Waals surface area contributed by atoms with E-state index in [0.717, 1.165) is 28.8 Å². The van der Waals surface area contributed by atoms with Crippen LogP contribution in [0.2, 0.25) is 0 Å². The number of hydrogen-bond donors (Lipinski definition) is 2. The molecule has 0 saturated heterocycles. The summed E-state index contributed by atoms with van der Waals surface area (Å²) in [6, 6.07) is 11.0. The van der Waals surface area contributed by atoms with Crippen LogP contribution in [0.5, 0.6) is 5.75 Å². The predicted octanol–water partition coefficient (Wildman–Crippen LogP) is 3.82. The van der Waals surface area contributed by atoms with Crippen LogP contribution in [0.1, 0.15) is 34.0 Å². The number of phenols is 1. The molecule has 0 aliphatic carbocycles. The molecule has 2 rings (SSSR count). The molecule has 0 bridgehead atoms. The fourth-order valence-corrected chi connectivity index (χ4v) is 2.21. The van der Waals surface area contributed by atoms with E-state index in [9.17, 15) is 9.90 Å². The van der Waals surface area contributed by atoms with E-state index in [4.69, 9.17) is 0 Å². The van der Waals surface area contributed by atoms with Gasteiger partial charge < -0.3 is 10.4 Å². The van der Waals surface area contributed by atoms with Gasteiger partial charge in [-0.25, -0.2) is 0 Å². The maximum absolute atomic E-state index is 12.3. The van der Waals surface area contributed by atoms with Gasteiger partial charge >= 0.3 is 0 Å². The second-order valence-corrected chi connectivity index (χ2v) is 4.94. The van der Waals surface area contributed by atoms with Crippen LogP contribution >= 0.6 is 0 Å². The Hall–Kier alpha value is -2.29. The average Bonchev–Trinajstić information content (AvgIpc) is 2.43. The van der Waals surface area contributed by atoms with Crippen molar-refractivity contribution in [1.29, 1.82) is 0 Å². The normalized spacial score (nSPS) is 10.3. The first kappa shape index (κ1) is 14.1. The number of aromatic hydroxyl groups is 1. The molecule has 0 atom stereocenters. The highest BCUT2D eigenvalue weighted by atomic mass is 16.3. The smallest absolute Gasteiger partial charge is 0.259 e. The molecule has 2 N–H and O–H groups in total. The van der Waals surface area contributed by atoms with Gasteiger partial charge in [0.25, 0.3) is 5.91 Å². The van der Waals surface area contributed by atoms with Crippen molar-refractivity contribution in [3.8, 4) is 5.75 Å². The molecule has 0 radical (unpaired) electrons. The number of amides is 1. The lowest BCUT2D eigenvalue weighted by Gasteiger charge is -2.13. The third-order valence-corrected chi connectivity index (χ3v) is 3.38. The second-order valence-electron chi connectivity index (χ2n) is 4.94. The van der Waals surface area contributed by atoms with Crippen molar-refractivity contribution >= 4 is 11.6 Å². The lowest BCUT2D eigenvalue weighted by Crippen LogP contribution is -2.14. The first-order valence-electron chi connectivity index (χ1n) is 6.72. The van der Waals surface area contributed by atoms with E-state index in [0.29, 0.717) is 5.56 Å². The summed E-state index contributed by atoms with van der Waals surface area (Å²) >= 11 is 0. The number of aryl methyl sites for hydroxylation is 3. The summed E-state index contributed by atoms with van der Waals surface area (Å²) in [6.07, 6.45) is 0.844. The number of para-hydroxylation sites is 1. The molecular weight excluding hydrogens is 250 g/mol. The van der Waals surface area contributed by atoms with E-state index in [1.807, 2.05) is 32.0 Å². The van der Waals surface area contributed by atoms with Gasteiger partial charge in [0.2, 0.25) is 0 Å². The fourth-order valence-electron chi connectivity index (χ4n) is 2.21. The largest absolute Gasteiger partial charge is 0.507 e. The Labute approximate surface area is 119 Å². The lowest BCUT2D eigenvalue weighted by molar-refractivity contribution is 0.102. The van der Waals surface area contributed by atoms with E-state index >= 15 is 0 Å². The van der Waals surface area contributed by atoms with Crippen LogP contribution in [0.4, 0.5) is 5.69 Å². The molecule has 3 heteroatoms. The highest BCUT2D eigenvalue weighted by Gasteiger charge is 2.14. The topological polar surface area (TPSA) is 49.3 Å². The van der Waals surface area contributed by atoms with Gasteiger partial charge in [0, 0.05) is 5.69 Å². The lowest BCUT2D eigenvalue weighted by atomic mass is 10.0. The zero-order valence-electron chi connectivity index (χ0n) is 12.0. The van der Waals surface area contributed by atoms with E-state index in [2.05, 4.69) is 12.2 Å².